The smallest absolute Gasteiger partial charge is 0.252 e. The molecule has 0 aliphatic rings. The highest BCUT2D eigenvalue weighted by Crippen LogP contribution is 2.23. The van der Waals surface area contributed by atoms with E-state index in [0.29, 0.717) is 3.57 Å². The summed E-state index contributed by atoms with van der Waals surface area (Å²) in [6.07, 6.45) is 1.24. The van der Waals surface area contributed by atoms with Crippen molar-refractivity contribution >= 4 is 39.9 Å². The van der Waals surface area contributed by atoms with Crippen molar-refractivity contribution < 1.29 is 14.3 Å². The van der Waals surface area contributed by atoms with Gasteiger partial charge in [0.05, 0.1) is 23.5 Å². The summed E-state index contributed by atoms with van der Waals surface area (Å²) in [6.45, 7) is -0.214. The monoisotopic (exact) mass is 417 g/mol. The van der Waals surface area contributed by atoms with E-state index in [4.69, 9.17) is 10.8 Å². The number of nitrogens with two attached hydrogens (primary N) is 1. The van der Waals surface area contributed by atoms with Crippen molar-refractivity contribution in [2.75, 3.05) is 11.9 Å². The number of amides is 1. The van der Waals surface area contributed by atoms with Crippen LogP contribution >= 0.6 is 22.6 Å². The van der Waals surface area contributed by atoms with Crippen molar-refractivity contribution in [2.24, 2.45) is 5.73 Å². The van der Waals surface area contributed by atoms with Gasteiger partial charge < -0.3 is 20.7 Å². The van der Waals surface area contributed by atoms with E-state index >= 15 is 0 Å². The number of hydrogen-bond donors (Lipinski definition) is 3. The average molecular weight is 417 g/mol. The van der Waals surface area contributed by atoms with Crippen molar-refractivity contribution in [1.82, 2.24) is 4.57 Å². The van der Waals surface area contributed by atoms with Gasteiger partial charge in [0.1, 0.15) is 5.82 Å². The van der Waals surface area contributed by atoms with Crippen LogP contribution in [-0.4, -0.2) is 22.2 Å². The first-order valence-corrected chi connectivity index (χ1v) is 7.37. The molecular formula is C14H13FIN3O3. The van der Waals surface area contributed by atoms with Crippen LogP contribution in [0.3, 0.4) is 0 Å². The van der Waals surface area contributed by atoms with Crippen molar-refractivity contribution in [3.05, 3.63) is 55.8 Å². The third-order valence-electron chi connectivity index (χ3n) is 2.93. The minimum absolute atomic E-state index is 0.0333. The zero-order valence-corrected chi connectivity index (χ0v) is 13.5. The Bertz CT molecular complexity index is 776. The van der Waals surface area contributed by atoms with Gasteiger partial charge in [-0.25, -0.2) is 4.39 Å². The molecule has 0 bridgehead atoms. The summed E-state index contributed by atoms with van der Waals surface area (Å²) >= 11 is 1.97. The molecule has 0 fully saturated rings. The first-order chi connectivity index (χ1) is 10.4. The van der Waals surface area contributed by atoms with Crippen molar-refractivity contribution in [2.45, 2.75) is 6.54 Å². The summed E-state index contributed by atoms with van der Waals surface area (Å²) in [4.78, 5) is 23.4. The Balaban J connectivity index is 2.47. The van der Waals surface area contributed by atoms with E-state index in [1.807, 2.05) is 22.6 Å². The quantitative estimate of drug-likeness (QED) is 0.642. The highest BCUT2D eigenvalue weighted by molar-refractivity contribution is 14.1. The summed E-state index contributed by atoms with van der Waals surface area (Å²) in [5.41, 5.74) is 5.13. The lowest BCUT2D eigenvalue weighted by molar-refractivity contribution is 0.1000. The highest BCUT2D eigenvalue weighted by Gasteiger charge is 2.13. The zero-order valence-electron chi connectivity index (χ0n) is 11.3. The van der Waals surface area contributed by atoms with Crippen LogP contribution in [0.2, 0.25) is 0 Å². The third-order valence-corrected chi connectivity index (χ3v) is 3.60. The minimum Gasteiger partial charge on any atom is -0.395 e. The Kier molecular flexibility index (Phi) is 5.14. The molecule has 0 radical (unpaired) electrons. The Hall–Kier alpha value is -1.94. The van der Waals surface area contributed by atoms with E-state index in [2.05, 4.69) is 5.32 Å². The number of carbonyl (C=O) groups is 1. The maximum atomic E-state index is 13.9. The second-order valence-electron chi connectivity index (χ2n) is 4.47. The largest absolute Gasteiger partial charge is 0.395 e. The lowest BCUT2D eigenvalue weighted by Crippen LogP contribution is -2.25. The van der Waals surface area contributed by atoms with Crippen LogP contribution in [0, 0.1) is 9.39 Å². The normalized spacial score (nSPS) is 10.5. The minimum atomic E-state index is -0.764. The van der Waals surface area contributed by atoms with Crippen LogP contribution in [0.15, 0.2) is 35.3 Å². The fourth-order valence-electron chi connectivity index (χ4n) is 1.89. The van der Waals surface area contributed by atoms with Crippen LogP contribution in [0.25, 0.3) is 0 Å². The first-order valence-electron chi connectivity index (χ1n) is 6.29. The lowest BCUT2D eigenvalue weighted by Gasteiger charge is -2.13. The van der Waals surface area contributed by atoms with E-state index in [0.717, 1.165) is 10.6 Å². The van der Waals surface area contributed by atoms with Gasteiger partial charge in [-0.15, -0.1) is 0 Å². The van der Waals surface area contributed by atoms with E-state index in [9.17, 15) is 14.0 Å². The summed E-state index contributed by atoms with van der Waals surface area (Å²) in [5, 5.41) is 11.6. The number of aliphatic hydroxyl groups is 1. The molecule has 2 rings (SSSR count). The van der Waals surface area contributed by atoms with Gasteiger partial charge >= 0.3 is 0 Å². The van der Waals surface area contributed by atoms with Gasteiger partial charge in [-0.2, -0.15) is 0 Å². The number of pyridine rings is 1. The molecule has 2 aromatic rings. The van der Waals surface area contributed by atoms with E-state index in [1.54, 1.807) is 6.07 Å². The van der Waals surface area contributed by atoms with Gasteiger partial charge in [0.2, 0.25) is 0 Å². The number of aliphatic hydroxyl groups excluding tert-OH is 1. The van der Waals surface area contributed by atoms with Crippen molar-refractivity contribution in [3.63, 3.8) is 0 Å². The maximum absolute atomic E-state index is 13.9. The zero-order chi connectivity index (χ0) is 16.3. The number of rotatable bonds is 5. The lowest BCUT2D eigenvalue weighted by atomic mass is 10.2. The molecule has 22 heavy (non-hydrogen) atoms. The fraction of sp³-hybridized carbons (Fsp3) is 0.143. The standard InChI is InChI=1S/C14H13FIN3O3/c15-10-5-8(16)1-2-11(10)18-12-6-13(21)19(3-4-20)7-9(12)14(17)22/h1-2,5-7,18,20H,3-4H2,(H2,17,22). The number of halogens is 2. The van der Waals surface area contributed by atoms with Gasteiger partial charge in [-0.3, -0.25) is 9.59 Å². The van der Waals surface area contributed by atoms with Crippen LogP contribution in [-0.2, 0) is 6.54 Å². The number of nitrogens with one attached hydrogen (secondary N) is 1. The van der Waals surface area contributed by atoms with E-state index in [-0.39, 0.29) is 30.1 Å². The molecule has 0 saturated heterocycles. The number of aromatic nitrogens is 1. The molecule has 1 amide bonds. The molecule has 0 aliphatic carbocycles. The number of carbonyl (C=O) groups excluding carboxylic acids is 1. The molecule has 0 unspecified atom stereocenters. The SMILES string of the molecule is NC(=O)c1cn(CCO)c(=O)cc1Nc1ccc(I)cc1F. The average Bonchev–Trinajstić information content (AvgIpc) is 2.44. The van der Waals surface area contributed by atoms with E-state index in [1.165, 1.54) is 18.3 Å². The predicted octanol–water partition coefficient (Wildman–Crippen LogP) is 1.43. The molecule has 116 valence electrons. The summed E-state index contributed by atoms with van der Waals surface area (Å²) in [5.74, 6) is -1.28. The fourth-order valence-corrected chi connectivity index (χ4v) is 2.34. The van der Waals surface area contributed by atoms with Gasteiger partial charge in [0.15, 0.2) is 0 Å². The van der Waals surface area contributed by atoms with Crippen LogP contribution < -0.4 is 16.6 Å². The van der Waals surface area contributed by atoms with E-state index < -0.39 is 17.3 Å². The molecule has 1 heterocycles. The second kappa shape index (κ2) is 6.88. The van der Waals surface area contributed by atoms with Crippen LogP contribution in [0.4, 0.5) is 15.8 Å². The number of benzene rings is 1. The van der Waals surface area contributed by atoms with Crippen molar-refractivity contribution in [3.8, 4) is 0 Å². The molecule has 6 nitrogen and oxygen atoms in total. The molecule has 0 saturated carbocycles. The van der Waals surface area contributed by atoms with Gasteiger partial charge in [-0.1, -0.05) is 0 Å². The van der Waals surface area contributed by atoms with Gasteiger partial charge in [0.25, 0.3) is 11.5 Å². The molecule has 1 aromatic heterocycles. The molecule has 0 spiro atoms. The van der Waals surface area contributed by atoms with Gasteiger partial charge in [0, 0.05) is 22.4 Å². The molecule has 0 aliphatic heterocycles. The molecule has 1 aromatic carbocycles. The topological polar surface area (TPSA) is 97.3 Å². The number of primary amides is 1. The Morgan fingerprint density at radius 3 is 2.68 bits per heavy atom. The van der Waals surface area contributed by atoms with Gasteiger partial charge in [-0.05, 0) is 40.8 Å². The molecule has 4 N–H and O–H groups in total. The highest BCUT2D eigenvalue weighted by atomic mass is 127. The third kappa shape index (κ3) is 3.63. The second-order valence-corrected chi connectivity index (χ2v) is 5.72. The Morgan fingerprint density at radius 1 is 1.36 bits per heavy atom. The maximum Gasteiger partial charge on any atom is 0.252 e. The molecule has 8 heteroatoms. The predicted molar refractivity (Wildman–Crippen MR) is 88.7 cm³/mol. The first kappa shape index (κ1) is 16.4. The summed E-state index contributed by atoms with van der Waals surface area (Å²) in [6, 6.07) is 5.65. The molecular weight excluding hydrogens is 404 g/mol. The Morgan fingerprint density at radius 2 is 2.09 bits per heavy atom. The van der Waals surface area contributed by atoms with Crippen molar-refractivity contribution in [1.29, 1.82) is 0 Å². The van der Waals surface area contributed by atoms with Crippen LogP contribution in [0.5, 0.6) is 0 Å². The number of hydrogen-bond acceptors (Lipinski definition) is 4. The Labute approximate surface area is 138 Å². The molecule has 0 atom stereocenters. The summed E-state index contributed by atoms with van der Waals surface area (Å²) in [7, 11) is 0. The van der Waals surface area contributed by atoms with Crippen LogP contribution in [0.1, 0.15) is 10.4 Å². The summed E-state index contributed by atoms with van der Waals surface area (Å²) < 4.78 is 15.7. The number of nitrogens with zero attached hydrogens (tertiary/aromatic N) is 1. The number of anilines is 2.